The molecule has 1 saturated heterocycles. The highest BCUT2D eigenvalue weighted by Gasteiger charge is 2.52. The standard InChI is InChI=1S/C20H25N5O4S2/c1-10-11(2)31-17-14(10)16(27)21-13(22-17)9-30-12(3)15(26)24-25-18(28)20(23-19(25)29)7-5-4-6-8-20/h12H,4-9H2,1-3H3,(H,23,29)(H,24,26)(H,21,22,27)/t12-/m0/s1. The van der Waals surface area contributed by atoms with Crippen LogP contribution in [0.1, 0.15) is 55.3 Å². The summed E-state index contributed by atoms with van der Waals surface area (Å²) in [4.78, 5) is 59.1. The van der Waals surface area contributed by atoms with Crippen molar-refractivity contribution in [2.75, 3.05) is 0 Å². The van der Waals surface area contributed by atoms with Crippen LogP contribution in [0.25, 0.3) is 10.2 Å². The molecule has 2 aromatic rings. The Kier molecular flexibility index (Phi) is 5.82. The van der Waals surface area contributed by atoms with Gasteiger partial charge in [0.05, 0.1) is 16.4 Å². The zero-order valence-electron chi connectivity index (χ0n) is 17.7. The fourth-order valence-electron chi connectivity index (χ4n) is 4.06. The number of nitrogens with one attached hydrogen (secondary N) is 3. The number of hydrogen-bond acceptors (Lipinski definition) is 7. The Morgan fingerprint density at radius 3 is 2.68 bits per heavy atom. The molecule has 1 spiro atoms. The van der Waals surface area contributed by atoms with E-state index in [9.17, 15) is 19.2 Å². The molecule has 3 N–H and O–H groups in total. The Morgan fingerprint density at radius 1 is 1.26 bits per heavy atom. The summed E-state index contributed by atoms with van der Waals surface area (Å²) in [5.41, 5.74) is 2.33. The van der Waals surface area contributed by atoms with Gasteiger partial charge >= 0.3 is 6.03 Å². The molecule has 0 bridgehead atoms. The molecule has 3 heterocycles. The van der Waals surface area contributed by atoms with Crippen molar-refractivity contribution in [3.05, 3.63) is 26.6 Å². The number of thioether (sulfide) groups is 1. The summed E-state index contributed by atoms with van der Waals surface area (Å²) in [7, 11) is 0. The molecule has 11 heteroatoms. The van der Waals surface area contributed by atoms with E-state index in [4.69, 9.17) is 0 Å². The second-order valence-corrected chi connectivity index (χ2v) is 10.7. The number of aryl methyl sites for hydroxylation is 2. The van der Waals surface area contributed by atoms with Crippen molar-refractivity contribution in [2.45, 2.75) is 69.4 Å². The first-order chi connectivity index (χ1) is 14.7. The number of carbonyl (C=O) groups is 3. The van der Waals surface area contributed by atoms with Gasteiger partial charge in [0.2, 0.25) is 0 Å². The molecular formula is C20H25N5O4S2. The lowest BCUT2D eigenvalue weighted by Crippen LogP contribution is -2.52. The third-order valence-electron chi connectivity index (χ3n) is 6.02. The average Bonchev–Trinajstić information content (AvgIpc) is 3.14. The molecule has 9 nitrogen and oxygen atoms in total. The van der Waals surface area contributed by atoms with Gasteiger partial charge in [-0.15, -0.1) is 23.1 Å². The van der Waals surface area contributed by atoms with Crippen molar-refractivity contribution >= 4 is 51.2 Å². The van der Waals surface area contributed by atoms with Gasteiger partial charge in [-0.2, -0.15) is 5.01 Å². The van der Waals surface area contributed by atoms with E-state index in [1.54, 1.807) is 6.92 Å². The topological polar surface area (TPSA) is 124 Å². The fourth-order valence-corrected chi connectivity index (χ4v) is 5.86. The highest BCUT2D eigenvalue weighted by atomic mass is 32.2. The number of rotatable bonds is 5. The van der Waals surface area contributed by atoms with E-state index in [1.807, 2.05) is 13.8 Å². The van der Waals surface area contributed by atoms with Crippen LogP contribution in [-0.4, -0.2) is 43.6 Å². The summed E-state index contributed by atoms with van der Waals surface area (Å²) >= 11 is 2.74. The summed E-state index contributed by atoms with van der Waals surface area (Å²) in [6, 6.07) is -0.586. The summed E-state index contributed by atoms with van der Waals surface area (Å²) in [5, 5.41) is 3.63. The highest BCUT2D eigenvalue weighted by molar-refractivity contribution is 7.99. The number of H-pyrrole nitrogens is 1. The summed E-state index contributed by atoms with van der Waals surface area (Å²) in [5.74, 6) is -0.0328. The van der Waals surface area contributed by atoms with Gasteiger partial charge in [-0.05, 0) is 39.2 Å². The maximum Gasteiger partial charge on any atom is 0.344 e. The number of imide groups is 1. The van der Waals surface area contributed by atoms with E-state index in [2.05, 4.69) is 20.7 Å². The molecular weight excluding hydrogens is 438 g/mol. The van der Waals surface area contributed by atoms with Crippen LogP contribution in [0, 0.1) is 13.8 Å². The molecule has 4 amide bonds. The number of amides is 4. The van der Waals surface area contributed by atoms with Gasteiger partial charge in [-0.1, -0.05) is 19.3 Å². The lowest BCUT2D eigenvalue weighted by Gasteiger charge is -2.30. The van der Waals surface area contributed by atoms with Gasteiger partial charge < -0.3 is 10.3 Å². The zero-order chi connectivity index (χ0) is 22.3. The van der Waals surface area contributed by atoms with E-state index in [0.717, 1.165) is 34.7 Å². The van der Waals surface area contributed by atoms with Crippen molar-refractivity contribution in [1.82, 2.24) is 25.7 Å². The number of aromatic nitrogens is 2. The average molecular weight is 464 g/mol. The van der Waals surface area contributed by atoms with Crippen LogP contribution >= 0.6 is 23.1 Å². The van der Waals surface area contributed by atoms with Gasteiger partial charge in [0.15, 0.2) is 0 Å². The monoisotopic (exact) mass is 463 g/mol. The minimum atomic E-state index is -0.880. The van der Waals surface area contributed by atoms with Crippen molar-refractivity contribution in [2.24, 2.45) is 0 Å². The normalized spacial score (nSPS) is 19.1. The number of hydrogen-bond donors (Lipinski definition) is 3. The van der Waals surface area contributed by atoms with E-state index in [1.165, 1.54) is 23.1 Å². The van der Waals surface area contributed by atoms with Gasteiger partial charge in [-0.25, -0.2) is 9.78 Å². The lowest BCUT2D eigenvalue weighted by atomic mass is 9.82. The van der Waals surface area contributed by atoms with Gasteiger partial charge in [0, 0.05) is 4.88 Å². The number of aromatic amines is 1. The Bertz CT molecular complexity index is 1120. The predicted molar refractivity (Wildman–Crippen MR) is 120 cm³/mol. The van der Waals surface area contributed by atoms with Crippen molar-refractivity contribution in [3.63, 3.8) is 0 Å². The molecule has 1 saturated carbocycles. The molecule has 0 radical (unpaired) electrons. The molecule has 4 rings (SSSR count). The number of fused-ring (bicyclic) bond motifs is 1. The molecule has 1 aliphatic heterocycles. The molecule has 2 fully saturated rings. The Hall–Kier alpha value is -2.40. The second-order valence-electron chi connectivity index (χ2n) is 8.12. The molecule has 1 aliphatic carbocycles. The lowest BCUT2D eigenvalue weighted by molar-refractivity contribution is -0.139. The fraction of sp³-hybridized carbons (Fsp3) is 0.550. The number of urea groups is 1. The maximum atomic E-state index is 12.8. The maximum absolute atomic E-state index is 12.8. The molecule has 1 atom stereocenters. The predicted octanol–water partition coefficient (Wildman–Crippen LogP) is 2.51. The molecule has 2 aromatic heterocycles. The Labute approximate surface area is 187 Å². The second kappa shape index (κ2) is 8.27. The smallest absolute Gasteiger partial charge is 0.322 e. The largest absolute Gasteiger partial charge is 0.344 e. The van der Waals surface area contributed by atoms with Crippen LogP contribution in [0.15, 0.2) is 4.79 Å². The van der Waals surface area contributed by atoms with E-state index < -0.39 is 22.7 Å². The van der Waals surface area contributed by atoms with Gasteiger partial charge in [-0.3, -0.25) is 19.8 Å². The quantitative estimate of drug-likeness (QED) is 0.585. The molecule has 0 unspecified atom stereocenters. The summed E-state index contributed by atoms with van der Waals surface area (Å²) < 4.78 is 0. The first-order valence-electron chi connectivity index (χ1n) is 10.3. The SMILES string of the molecule is Cc1sc2nc(CS[C@@H](C)C(=O)NN3C(=O)NC4(CCCCC4)C3=O)[nH]c(=O)c2c1C. The van der Waals surface area contributed by atoms with Crippen molar-refractivity contribution in [3.8, 4) is 0 Å². The first-order valence-corrected chi connectivity index (χ1v) is 12.2. The van der Waals surface area contributed by atoms with E-state index in [0.29, 0.717) is 34.6 Å². The van der Waals surface area contributed by atoms with Crippen LogP contribution in [0.4, 0.5) is 4.79 Å². The molecule has 0 aromatic carbocycles. The minimum absolute atomic E-state index is 0.184. The van der Waals surface area contributed by atoms with Crippen molar-refractivity contribution in [1.29, 1.82) is 0 Å². The third-order valence-corrected chi connectivity index (χ3v) is 8.27. The highest BCUT2D eigenvalue weighted by Crippen LogP contribution is 2.33. The van der Waals surface area contributed by atoms with E-state index >= 15 is 0 Å². The van der Waals surface area contributed by atoms with Crippen LogP contribution in [0.5, 0.6) is 0 Å². The van der Waals surface area contributed by atoms with E-state index in [-0.39, 0.29) is 11.5 Å². The van der Waals surface area contributed by atoms with Crippen LogP contribution in [0.2, 0.25) is 0 Å². The van der Waals surface area contributed by atoms with Gasteiger partial charge in [0.25, 0.3) is 17.4 Å². The minimum Gasteiger partial charge on any atom is -0.322 e. The number of hydrazine groups is 1. The number of carbonyl (C=O) groups excluding carboxylic acids is 3. The molecule has 166 valence electrons. The Morgan fingerprint density at radius 2 is 1.97 bits per heavy atom. The molecule has 2 aliphatic rings. The first kappa shape index (κ1) is 21.8. The van der Waals surface area contributed by atoms with Gasteiger partial charge in [0.1, 0.15) is 16.2 Å². The van der Waals surface area contributed by atoms with Crippen LogP contribution < -0.4 is 16.3 Å². The molecule has 31 heavy (non-hydrogen) atoms. The van der Waals surface area contributed by atoms with Crippen LogP contribution in [0.3, 0.4) is 0 Å². The number of nitrogens with zero attached hydrogens (tertiary/aromatic N) is 2. The third kappa shape index (κ3) is 3.96. The summed E-state index contributed by atoms with van der Waals surface area (Å²) in [6.07, 6.45) is 3.98. The zero-order valence-corrected chi connectivity index (χ0v) is 19.3. The Balaban J connectivity index is 1.39. The van der Waals surface area contributed by atoms with Crippen molar-refractivity contribution < 1.29 is 14.4 Å². The van der Waals surface area contributed by atoms with Crippen LogP contribution in [-0.2, 0) is 15.3 Å². The number of thiophene rings is 1. The summed E-state index contributed by atoms with van der Waals surface area (Å²) in [6.45, 7) is 5.54.